The topological polar surface area (TPSA) is 82.8 Å². The maximum absolute atomic E-state index is 13.0. The van der Waals surface area contributed by atoms with Gasteiger partial charge in [0.05, 0.1) is 32.0 Å². The number of rotatable bonds is 6. The number of fused-ring (bicyclic) bond motifs is 1. The van der Waals surface area contributed by atoms with Gasteiger partial charge in [0.25, 0.3) is 5.91 Å². The zero-order chi connectivity index (χ0) is 22.8. The van der Waals surface area contributed by atoms with E-state index in [0.717, 1.165) is 0 Å². The number of nitrogens with zero attached hydrogens (tertiary/aromatic N) is 1. The molecule has 3 aromatic carbocycles. The molecule has 0 unspecified atom stereocenters. The van der Waals surface area contributed by atoms with Crippen LogP contribution in [0.4, 0.5) is 5.69 Å². The smallest absolute Gasteiger partial charge is 0.255 e. The van der Waals surface area contributed by atoms with Crippen LogP contribution in [0, 0.1) is 0 Å². The molecule has 0 aliphatic heterocycles. The number of carbonyl (C=O) groups excluding carboxylic acids is 1. The minimum Gasteiger partial charge on any atom is -0.493 e. The molecule has 1 aromatic heterocycles. The summed E-state index contributed by atoms with van der Waals surface area (Å²) in [6.07, 6.45) is 0. The lowest BCUT2D eigenvalue weighted by molar-refractivity contribution is 0.102. The summed E-state index contributed by atoms with van der Waals surface area (Å²) in [5, 5.41) is 3.72. The molecule has 0 atom stereocenters. The summed E-state index contributed by atoms with van der Waals surface area (Å²) in [4.78, 5) is 17.4. The van der Waals surface area contributed by atoms with Crippen molar-refractivity contribution in [1.82, 2.24) is 4.98 Å². The van der Waals surface area contributed by atoms with E-state index >= 15 is 0 Å². The summed E-state index contributed by atoms with van der Waals surface area (Å²) >= 11 is 12.4. The number of nitrogens with one attached hydrogen (secondary N) is 1. The molecule has 0 spiro atoms. The summed E-state index contributed by atoms with van der Waals surface area (Å²) in [7, 11) is 4.45. The normalized spacial score (nSPS) is 10.8. The predicted octanol–water partition coefficient (Wildman–Crippen LogP) is 6.08. The molecule has 9 heteroatoms. The molecule has 0 radical (unpaired) electrons. The Balaban J connectivity index is 1.66. The molecular formula is C23H18Cl2N2O5. The Morgan fingerprint density at radius 3 is 2.31 bits per heavy atom. The van der Waals surface area contributed by atoms with Gasteiger partial charge in [-0.15, -0.1) is 0 Å². The van der Waals surface area contributed by atoms with Crippen molar-refractivity contribution in [1.29, 1.82) is 0 Å². The van der Waals surface area contributed by atoms with Crippen molar-refractivity contribution in [3.8, 4) is 28.7 Å². The molecule has 0 saturated carbocycles. The van der Waals surface area contributed by atoms with Crippen molar-refractivity contribution in [3.05, 3.63) is 64.1 Å². The van der Waals surface area contributed by atoms with E-state index < -0.39 is 5.91 Å². The second-order valence-electron chi connectivity index (χ2n) is 6.69. The van der Waals surface area contributed by atoms with Gasteiger partial charge in [-0.2, -0.15) is 0 Å². The quantitative estimate of drug-likeness (QED) is 0.366. The van der Waals surface area contributed by atoms with Gasteiger partial charge < -0.3 is 23.9 Å². The van der Waals surface area contributed by atoms with E-state index in [1.807, 2.05) is 0 Å². The molecule has 4 aromatic rings. The van der Waals surface area contributed by atoms with Crippen molar-refractivity contribution in [3.63, 3.8) is 0 Å². The Hall–Kier alpha value is -3.42. The third-order valence-corrected chi connectivity index (χ3v) is 5.30. The van der Waals surface area contributed by atoms with E-state index in [1.54, 1.807) is 48.5 Å². The van der Waals surface area contributed by atoms with Crippen LogP contribution in [0.3, 0.4) is 0 Å². The molecule has 7 nitrogen and oxygen atoms in total. The van der Waals surface area contributed by atoms with Gasteiger partial charge >= 0.3 is 0 Å². The first-order valence-corrected chi connectivity index (χ1v) is 10.2. The Morgan fingerprint density at radius 1 is 0.938 bits per heavy atom. The molecule has 0 saturated heterocycles. The summed E-state index contributed by atoms with van der Waals surface area (Å²) in [6.45, 7) is 0. The summed E-state index contributed by atoms with van der Waals surface area (Å²) in [5.74, 6) is 1.08. The second-order valence-corrected chi connectivity index (χ2v) is 7.54. The van der Waals surface area contributed by atoms with Crippen molar-refractivity contribution in [2.75, 3.05) is 26.6 Å². The number of hydrogen-bond donors (Lipinski definition) is 1. The Bertz CT molecular complexity index is 1290. The predicted molar refractivity (Wildman–Crippen MR) is 124 cm³/mol. The molecule has 1 amide bonds. The van der Waals surface area contributed by atoms with Crippen molar-refractivity contribution in [2.45, 2.75) is 0 Å². The van der Waals surface area contributed by atoms with Crippen LogP contribution in [0.2, 0.25) is 10.0 Å². The first-order chi connectivity index (χ1) is 15.4. The average Bonchev–Trinajstić information content (AvgIpc) is 3.22. The van der Waals surface area contributed by atoms with E-state index in [-0.39, 0.29) is 0 Å². The van der Waals surface area contributed by atoms with Crippen LogP contribution in [-0.2, 0) is 0 Å². The molecule has 0 fully saturated rings. The zero-order valence-electron chi connectivity index (χ0n) is 17.4. The summed E-state index contributed by atoms with van der Waals surface area (Å²) in [5.41, 5.74) is 2.57. The van der Waals surface area contributed by atoms with Crippen LogP contribution in [0.5, 0.6) is 17.2 Å². The van der Waals surface area contributed by atoms with Crippen LogP contribution in [0.1, 0.15) is 10.4 Å². The first kappa shape index (κ1) is 21.8. The molecule has 164 valence electrons. The van der Waals surface area contributed by atoms with Crippen molar-refractivity contribution in [2.24, 2.45) is 0 Å². The van der Waals surface area contributed by atoms with Crippen LogP contribution in [0.25, 0.3) is 22.6 Å². The number of amides is 1. The lowest BCUT2D eigenvalue weighted by Crippen LogP contribution is -2.13. The molecular weight excluding hydrogens is 455 g/mol. The van der Waals surface area contributed by atoms with Crippen LogP contribution in [0.15, 0.2) is 52.9 Å². The van der Waals surface area contributed by atoms with Gasteiger partial charge in [-0.3, -0.25) is 4.79 Å². The van der Waals surface area contributed by atoms with Gasteiger partial charge in [0, 0.05) is 16.1 Å². The Kier molecular flexibility index (Phi) is 6.12. The SMILES string of the molecule is COc1cc(C(=O)Nc2cc(-c3nc4cc(Cl)ccc4o3)ccc2Cl)cc(OC)c1OC. The van der Waals surface area contributed by atoms with Crippen molar-refractivity contribution < 1.29 is 23.4 Å². The van der Waals surface area contributed by atoms with Gasteiger partial charge in [0.1, 0.15) is 5.52 Å². The average molecular weight is 473 g/mol. The summed E-state index contributed by atoms with van der Waals surface area (Å²) < 4.78 is 21.7. The fraction of sp³-hybridized carbons (Fsp3) is 0.130. The fourth-order valence-corrected chi connectivity index (χ4v) is 3.52. The first-order valence-electron chi connectivity index (χ1n) is 9.41. The number of aromatic nitrogens is 1. The largest absolute Gasteiger partial charge is 0.493 e. The molecule has 0 aliphatic carbocycles. The van der Waals surface area contributed by atoms with E-state index in [9.17, 15) is 4.79 Å². The molecule has 32 heavy (non-hydrogen) atoms. The highest BCUT2D eigenvalue weighted by molar-refractivity contribution is 6.34. The van der Waals surface area contributed by atoms with Crippen molar-refractivity contribution >= 4 is 45.9 Å². The monoisotopic (exact) mass is 472 g/mol. The maximum atomic E-state index is 13.0. The van der Waals surface area contributed by atoms with Gasteiger partial charge in [-0.25, -0.2) is 4.98 Å². The Labute approximate surface area is 193 Å². The van der Waals surface area contributed by atoms with E-state index in [2.05, 4.69) is 10.3 Å². The van der Waals surface area contributed by atoms with Crippen LogP contribution >= 0.6 is 23.2 Å². The maximum Gasteiger partial charge on any atom is 0.255 e. The molecule has 4 rings (SSSR count). The molecule has 0 bridgehead atoms. The number of oxazole rings is 1. The minimum absolute atomic E-state index is 0.303. The minimum atomic E-state index is -0.410. The lowest BCUT2D eigenvalue weighted by Gasteiger charge is -2.14. The Morgan fingerprint density at radius 2 is 1.66 bits per heavy atom. The van der Waals surface area contributed by atoms with E-state index in [0.29, 0.717) is 61.1 Å². The number of ether oxygens (including phenoxy) is 3. The third-order valence-electron chi connectivity index (χ3n) is 4.74. The number of hydrogen-bond acceptors (Lipinski definition) is 6. The third kappa shape index (κ3) is 4.17. The highest BCUT2D eigenvalue weighted by Gasteiger charge is 2.18. The molecule has 0 aliphatic rings. The molecule has 1 heterocycles. The van der Waals surface area contributed by atoms with Gasteiger partial charge in [0.2, 0.25) is 11.6 Å². The van der Waals surface area contributed by atoms with Gasteiger partial charge in [-0.05, 0) is 48.5 Å². The number of carbonyl (C=O) groups is 1. The number of halogens is 2. The van der Waals surface area contributed by atoms with E-state index in [1.165, 1.54) is 21.3 Å². The van der Waals surface area contributed by atoms with E-state index in [4.69, 9.17) is 41.8 Å². The number of benzene rings is 3. The standard InChI is InChI=1S/C23H18Cl2N2O5/c1-29-19-9-13(10-20(30-2)21(19)31-3)22(28)26-16-8-12(4-6-15(16)25)23-27-17-11-14(24)5-7-18(17)32-23/h4-11H,1-3H3,(H,26,28). The van der Waals surface area contributed by atoms with Gasteiger partial charge in [-0.1, -0.05) is 23.2 Å². The number of methoxy groups -OCH3 is 3. The fourth-order valence-electron chi connectivity index (χ4n) is 3.18. The van der Waals surface area contributed by atoms with Gasteiger partial charge in [0.15, 0.2) is 17.1 Å². The van der Waals surface area contributed by atoms with Crippen LogP contribution < -0.4 is 19.5 Å². The second kappa shape index (κ2) is 8.98. The zero-order valence-corrected chi connectivity index (χ0v) is 18.9. The number of anilines is 1. The highest BCUT2D eigenvalue weighted by Crippen LogP contribution is 2.38. The lowest BCUT2D eigenvalue weighted by atomic mass is 10.1. The summed E-state index contributed by atoms with van der Waals surface area (Å²) in [6, 6.07) is 13.4. The molecule has 1 N–H and O–H groups in total. The highest BCUT2D eigenvalue weighted by atomic mass is 35.5. The van der Waals surface area contributed by atoms with Crippen LogP contribution in [-0.4, -0.2) is 32.2 Å².